The van der Waals surface area contributed by atoms with Gasteiger partial charge < -0.3 is 10.0 Å². The molecule has 0 aliphatic carbocycles. The van der Waals surface area contributed by atoms with Crippen LogP contribution in [-0.2, 0) is 0 Å². The molecule has 0 amide bonds. The molecule has 1 N–H and O–H groups in total. The first-order chi connectivity index (χ1) is 7.56. The lowest BCUT2D eigenvalue weighted by Crippen LogP contribution is -2.20. The van der Waals surface area contributed by atoms with Crippen LogP contribution in [0.3, 0.4) is 0 Å². The Bertz CT molecular complexity index is 440. The van der Waals surface area contributed by atoms with Crippen LogP contribution in [0.25, 0.3) is 0 Å². The monoisotopic (exact) mass is 238 g/mol. The largest absolute Gasteiger partial charge is 0.478 e. The second kappa shape index (κ2) is 5.38. The predicted octanol–water partition coefficient (Wildman–Crippen LogP) is 2.39. The quantitative estimate of drug-likeness (QED) is 0.875. The minimum atomic E-state index is -1.00. The summed E-state index contributed by atoms with van der Waals surface area (Å²) >= 11 is 5.82. The smallest absolute Gasteiger partial charge is 0.337 e. The number of hydrogen-bond donors (Lipinski definition) is 1. The number of carbonyl (C=O) groups is 1. The van der Waals surface area contributed by atoms with E-state index in [4.69, 9.17) is 22.0 Å². The number of nitriles is 1. The lowest BCUT2D eigenvalue weighted by atomic mass is 10.1. The van der Waals surface area contributed by atoms with Crippen LogP contribution in [0.2, 0.25) is 5.02 Å². The van der Waals surface area contributed by atoms with E-state index in [-0.39, 0.29) is 5.56 Å². The Morgan fingerprint density at radius 1 is 1.62 bits per heavy atom. The molecule has 0 saturated carbocycles. The lowest BCUT2D eigenvalue weighted by molar-refractivity contribution is 0.0697. The van der Waals surface area contributed by atoms with Crippen LogP contribution in [0.15, 0.2) is 18.2 Å². The van der Waals surface area contributed by atoms with Gasteiger partial charge in [-0.1, -0.05) is 11.6 Å². The average molecular weight is 239 g/mol. The number of nitrogens with zero attached hydrogens (tertiary/aromatic N) is 2. The van der Waals surface area contributed by atoms with E-state index >= 15 is 0 Å². The third-order valence-electron chi connectivity index (χ3n) is 2.16. The molecule has 0 bridgehead atoms. The molecule has 0 spiro atoms. The predicted molar refractivity (Wildman–Crippen MR) is 61.9 cm³/mol. The fourth-order valence-electron chi connectivity index (χ4n) is 1.34. The Balaban J connectivity index is 3.05. The second-order valence-corrected chi connectivity index (χ2v) is 3.73. The molecule has 0 radical (unpaired) electrons. The van der Waals surface area contributed by atoms with Crippen LogP contribution >= 0.6 is 11.6 Å². The van der Waals surface area contributed by atoms with Crippen molar-refractivity contribution in [3.05, 3.63) is 28.8 Å². The number of halogens is 1. The molecule has 0 aliphatic heterocycles. The molecule has 1 rings (SSSR count). The van der Waals surface area contributed by atoms with E-state index in [9.17, 15) is 4.79 Å². The molecule has 0 heterocycles. The first kappa shape index (κ1) is 12.3. The van der Waals surface area contributed by atoms with E-state index in [1.807, 2.05) is 6.07 Å². The summed E-state index contributed by atoms with van der Waals surface area (Å²) < 4.78 is 0. The van der Waals surface area contributed by atoms with Crippen molar-refractivity contribution in [2.45, 2.75) is 6.42 Å². The van der Waals surface area contributed by atoms with Crippen molar-refractivity contribution in [3.63, 3.8) is 0 Å². The first-order valence-electron chi connectivity index (χ1n) is 4.67. The topological polar surface area (TPSA) is 64.3 Å². The molecule has 0 atom stereocenters. The van der Waals surface area contributed by atoms with Gasteiger partial charge in [0.15, 0.2) is 0 Å². The third-order valence-corrected chi connectivity index (χ3v) is 2.40. The van der Waals surface area contributed by atoms with Gasteiger partial charge in [0, 0.05) is 18.6 Å². The zero-order valence-electron chi connectivity index (χ0n) is 8.77. The fraction of sp³-hybridized carbons (Fsp3) is 0.273. The van der Waals surface area contributed by atoms with Crippen LogP contribution < -0.4 is 4.90 Å². The number of rotatable bonds is 4. The summed E-state index contributed by atoms with van der Waals surface area (Å²) in [6.45, 7) is 0.469. The van der Waals surface area contributed by atoms with Crippen molar-refractivity contribution < 1.29 is 9.90 Å². The summed E-state index contributed by atoms with van der Waals surface area (Å²) in [4.78, 5) is 12.7. The molecule has 0 aliphatic rings. The highest BCUT2D eigenvalue weighted by atomic mass is 35.5. The van der Waals surface area contributed by atoms with Crippen molar-refractivity contribution >= 4 is 23.3 Å². The van der Waals surface area contributed by atoms with E-state index < -0.39 is 5.97 Å². The maximum atomic E-state index is 11.0. The van der Waals surface area contributed by atoms with Crippen molar-refractivity contribution in [3.8, 4) is 6.07 Å². The van der Waals surface area contributed by atoms with Crippen molar-refractivity contribution in [1.82, 2.24) is 0 Å². The summed E-state index contributed by atoms with van der Waals surface area (Å²) in [7, 11) is 1.73. The Morgan fingerprint density at radius 3 is 2.88 bits per heavy atom. The SMILES string of the molecule is CN(CCC#N)c1cc(Cl)ccc1C(=O)O. The molecular formula is C11H11ClN2O2. The fourth-order valence-corrected chi connectivity index (χ4v) is 1.51. The first-order valence-corrected chi connectivity index (χ1v) is 5.05. The van der Waals surface area contributed by atoms with E-state index in [0.717, 1.165) is 0 Å². The van der Waals surface area contributed by atoms with Gasteiger partial charge in [-0.3, -0.25) is 0 Å². The molecular weight excluding hydrogens is 228 g/mol. The molecule has 16 heavy (non-hydrogen) atoms. The van der Waals surface area contributed by atoms with Gasteiger partial charge in [0.05, 0.1) is 23.7 Å². The zero-order chi connectivity index (χ0) is 12.1. The Hall–Kier alpha value is -1.73. The molecule has 0 unspecified atom stereocenters. The number of anilines is 1. The number of carboxylic acid groups (broad SMARTS) is 1. The van der Waals surface area contributed by atoms with Crippen molar-refractivity contribution in [1.29, 1.82) is 5.26 Å². The number of benzene rings is 1. The summed E-state index contributed by atoms with van der Waals surface area (Å²) in [5.74, 6) is -1.00. The van der Waals surface area contributed by atoms with E-state index in [1.165, 1.54) is 12.1 Å². The van der Waals surface area contributed by atoms with Crippen LogP contribution in [0.4, 0.5) is 5.69 Å². The highest BCUT2D eigenvalue weighted by Crippen LogP contribution is 2.24. The van der Waals surface area contributed by atoms with Gasteiger partial charge in [-0.25, -0.2) is 4.79 Å². The molecule has 1 aromatic carbocycles. The van der Waals surface area contributed by atoms with Crippen LogP contribution in [0, 0.1) is 11.3 Å². The number of hydrogen-bond acceptors (Lipinski definition) is 3. The van der Waals surface area contributed by atoms with Crippen LogP contribution in [0.5, 0.6) is 0 Å². The number of aromatic carboxylic acids is 1. The summed E-state index contributed by atoms with van der Waals surface area (Å²) in [6, 6.07) is 6.59. The molecule has 84 valence electrons. The molecule has 5 heteroatoms. The number of carboxylic acids is 1. The van der Waals surface area contributed by atoms with Gasteiger partial charge in [-0.05, 0) is 18.2 Å². The van der Waals surface area contributed by atoms with Gasteiger partial charge in [0.2, 0.25) is 0 Å². The molecule has 0 saturated heterocycles. The third kappa shape index (κ3) is 2.88. The van der Waals surface area contributed by atoms with Gasteiger partial charge in [0.25, 0.3) is 0 Å². The average Bonchev–Trinajstić information content (AvgIpc) is 2.25. The summed E-state index contributed by atoms with van der Waals surface area (Å²) in [5, 5.41) is 17.9. The molecule has 4 nitrogen and oxygen atoms in total. The zero-order valence-corrected chi connectivity index (χ0v) is 9.53. The maximum absolute atomic E-state index is 11.0. The summed E-state index contributed by atoms with van der Waals surface area (Å²) in [5.41, 5.74) is 0.708. The Labute approximate surface area is 98.7 Å². The van der Waals surface area contributed by atoms with Gasteiger partial charge in [0.1, 0.15) is 0 Å². The summed E-state index contributed by atoms with van der Waals surface area (Å²) in [6.07, 6.45) is 0.335. The van der Waals surface area contributed by atoms with Gasteiger partial charge >= 0.3 is 5.97 Å². The minimum absolute atomic E-state index is 0.185. The van der Waals surface area contributed by atoms with Crippen LogP contribution in [0.1, 0.15) is 16.8 Å². The molecule has 0 aromatic heterocycles. The maximum Gasteiger partial charge on any atom is 0.337 e. The van der Waals surface area contributed by atoms with E-state index in [0.29, 0.717) is 23.7 Å². The lowest BCUT2D eigenvalue weighted by Gasteiger charge is -2.20. The molecule has 1 aromatic rings. The molecule has 0 fully saturated rings. The Morgan fingerprint density at radius 2 is 2.31 bits per heavy atom. The normalized spacial score (nSPS) is 9.56. The highest BCUT2D eigenvalue weighted by molar-refractivity contribution is 6.31. The van der Waals surface area contributed by atoms with Gasteiger partial charge in [-0.2, -0.15) is 5.26 Å². The van der Waals surface area contributed by atoms with E-state index in [1.54, 1.807) is 18.0 Å². The van der Waals surface area contributed by atoms with Crippen molar-refractivity contribution in [2.24, 2.45) is 0 Å². The minimum Gasteiger partial charge on any atom is -0.478 e. The van der Waals surface area contributed by atoms with Crippen molar-refractivity contribution in [2.75, 3.05) is 18.5 Å². The Kier molecular flexibility index (Phi) is 4.15. The van der Waals surface area contributed by atoms with Gasteiger partial charge in [-0.15, -0.1) is 0 Å². The second-order valence-electron chi connectivity index (χ2n) is 3.30. The highest BCUT2D eigenvalue weighted by Gasteiger charge is 2.13. The van der Waals surface area contributed by atoms with Crippen LogP contribution in [-0.4, -0.2) is 24.7 Å². The standard InChI is InChI=1S/C11H11ClN2O2/c1-14(6-2-5-13)10-7-8(12)3-4-9(10)11(15)16/h3-4,7H,2,6H2,1H3,(H,15,16). The van der Waals surface area contributed by atoms with E-state index in [2.05, 4.69) is 0 Å².